The molecule has 1 aromatic carbocycles. The van der Waals surface area contributed by atoms with Crippen LogP contribution in [0, 0.1) is 12.7 Å². The number of benzene rings is 1. The first-order valence-electron chi connectivity index (χ1n) is 4.64. The Kier molecular flexibility index (Phi) is 2.37. The van der Waals surface area contributed by atoms with Crippen LogP contribution < -0.4 is 5.73 Å². The number of nitrogen functional groups attached to an aromatic ring is 1. The molecular weight excluding hydrogens is 191 g/mol. The fraction of sp³-hybridized carbons (Fsp3) is 0.0833. The van der Waals surface area contributed by atoms with Gasteiger partial charge in [0.1, 0.15) is 5.82 Å². The first kappa shape index (κ1) is 9.65. The summed E-state index contributed by atoms with van der Waals surface area (Å²) in [6.07, 6.45) is 1.62. The lowest BCUT2D eigenvalue weighted by Crippen LogP contribution is -1.90. The Balaban J connectivity index is 2.54. The van der Waals surface area contributed by atoms with Gasteiger partial charge in [-0.25, -0.2) is 4.39 Å². The Morgan fingerprint density at radius 3 is 2.67 bits per heavy atom. The van der Waals surface area contributed by atoms with E-state index in [2.05, 4.69) is 4.98 Å². The largest absolute Gasteiger partial charge is 0.399 e. The van der Waals surface area contributed by atoms with Gasteiger partial charge in [0.2, 0.25) is 0 Å². The highest BCUT2D eigenvalue weighted by atomic mass is 19.1. The van der Waals surface area contributed by atoms with Gasteiger partial charge in [-0.15, -0.1) is 0 Å². The van der Waals surface area contributed by atoms with Crippen molar-refractivity contribution >= 4 is 5.69 Å². The zero-order chi connectivity index (χ0) is 10.8. The number of aryl methyl sites for hydroxylation is 1. The minimum atomic E-state index is -0.255. The lowest BCUT2D eigenvalue weighted by molar-refractivity contribution is 0.627. The Labute approximate surface area is 87.6 Å². The van der Waals surface area contributed by atoms with Crippen molar-refractivity contribution in [1.29, 1.82) is 0 Å². The average Bonchev–Trinajstić information content (AvgIpc) is 2.16. The molecule has 0 aliphatic heterocycles. The fourth-order valence-corrected chi connectivity index (χ4v) is 1.49. The molecule has 15 heavy (non-hydrogen) atoms. The number of halogens is 1. The number of hydrogen-bond donors (Lipinski definition) is 1. The molecule has 0 saturated heterocycles. The predicted molar refractivity (Wildman–Crippen MR) is 58.8 cm³/mol. The summed E-state index contributed by atoms with van der Waals surface area (Å²) in [6, 6.07) is 8.25. The molecule has 0 aliphatic carbocycles. The molecule has 2 aromatic rings. The van der Waals surface area contributed by atoms with Gasteiger partial charge in [0.15, 0.2) is 0 Å². The summed E-state index contributed by atoms with van der Waals surface area (Å²) >= 11 is 0. The predicted octanol–water partition coefficient (Wildman–Crippen LogP) is 2.78. The fourth-order valence-electron chi connectivity index (χ4n) is 1.49. The van der Waals surface area contributed by atoms with Crippen LogP contribution in [0.1, 0.15) is 5.56 Å². The molecule has 2 nitrogen and oxygen atoms in total. The molecule has 0 radical (unpaired) electrons. The van der Waals surface area contributed by atoms with Crippen LogP contribution in [0.15, 0.2) is 36.5 Å². The normalized spacial score (nSPS) is 10.3. The van der Waals surface area contributed by atoms with Gasteiger partial charge in [0.25, 0.3) is 0 Å². The highest BCUT2D eigenvalue weighted by Gasteiger charge is 2.02. The van der Waals surface area contributed by atoms with E-state index in [1.807, 2.05) is 13.0 Å². The molecule has 2 rings (SSSR count). The molecular formula is C12H11FN2. The van der Waals surface area contributed by atoms with Crippen LogP contribution in [0.3, 0.4) is 0 Å². The second kappa shape index (κ2) is 3.69. The van der Waals surface area contributed by atoms with Crippen LogP contribution in [-0.4, -0.2) is 4.98 Å². The maximum Gasteiger partial charge on any atom is 0.124 e. The van der Waals surface area contributed by atoms with Crippen LogP contribution in [0.2, 0.25) is 0 Å². The van der Waals surface area contributed by atoms with Gasteiger partial charge < -0.3 is 5.73 Å². The third kappa shape index (κ3) is 2.13. The van der Waals surface area contributed by atoms with Crippen LogP contribution in [0.25, 0.3) is 11.3 Å². The van der Waals surface area contributed by atoms with Crippen molar-refractivity contribution in [3.8, 4) is 11.3 Å². The molecule has 0 amide bonds. The lowest BCUT2D eigenvalue weighted by Gasteiger charge is -2.03. The van der Waals surface area contributed by atoms with E-state index < -0.39 is 0 Å². The third-order valence-corrected chi connectivity index (χ3v) is 2.12. The smallest absolute Gasteiger partial charge is 0.124 e. The minimum absolute atomic E-state index is 0.255. The summed E-state index contributed by atoms with van der Waals surface area (Å²) in [5.74, 6) is -0.255. The second-order valence-electron chi connectivity index (χ2n) is 3.49. The van der Waals surface area contributed by atoms with E-state index >= 15 is 0 Å². The molecule has 76 valence electrons. The quantitative estimate of drug-likeness (QED) is 0.772. The van der Waals surface area contributed by atoms with Crippen molar-refractivity contribution in [3.63, 3.8) is 0 Å². The summed E-state index contributed by atoms with van der Waals surface area (Å²) in [6.45, 7) is 1.85. The number of rotatable bonds is 1. The first-order valence-corrected chi connectivity index (χ1v) is 4.64. The SMILES string of the molecule is Cc1cc(F)cc(-c2cc(N)ccn2)c1. The first-order chi connectivity index (χ1) is 7.15. The maximum atomic E-state index is 13.2. The van der Waals surface area contributed by atoms with Crippen molar-refractivity contribution < 1.29 is 4.39 Å². The molecule has 0 saturated carbocycles. The van der Waals surface area contributed by atoms with E-state index in [1.54, 1.807) is 18.3 Å². The molecule has 2 N–H and O–H groups in total. The Bertz CT molecular complexity index is 474. The van der Waals surface area contributed by atoms with Crippen LogP contribution in [0.5, 0.6) is 0 Å². The number of anilines is 1. The Morgan fingerprint density at radius 1 is 1.20 bits per heavy atom. The molecule has 0 atom stereocenters. The monoisotopic (exact) mass is 202 g/mol. The lowest BCUT2D eigenvalue weighted by atomic mass is 10.1. The van der Waals surface area contributed by atoms with Gasteiger partial charge in [-0.2, -0.15) is 0 Å². The topological polar surface area (TPSA) is 38.9 Å². The zero-order valence-corrected chi connectivity index (χ0v) is 8.37. The average molecular weight is 202 g/mol. The van der Waals surface area contributed by atoms with Gasteiger partial charge in [-0.05, 0) is 42.8 Å². The van der Waals surface area contributed by atoms with Gasteiger partial charge in [0.05, 0.1) is 5.69 Å². The van der Waals surface area contributed by atoms with Gasteiger partial charge in [-0.1, -0.05) is 0 Å². The van der Waals surface area contributed by atoms with Crippen LogP contribution in [0.4, 0.5) is 10.1 Å². The van der Waals surface area contributed by atoms with Crippen molar-refractivity contribution in [2.75, 3.05) is 5.73 Å². The van der Waals surface area contributed by atoms with E-state index in [-0.39, 0.29) is 5.82 Å². The summed E-state index contributed by atoms with van der Waals surface area (Å²) in [5, 5.41) is 0. The highest BCUT2D eigenvalue weighted by molar-refractivity contribution is 5.63. The number of nitrogens with zero attached hydrogens (tertiary/aromatic N) is 1. The molecule has 1 aromatic heterocycles. The summed E-state index contributed by atoms with van der Waals surface area (Å²) in [5.41, 5.74) is 8.58. The molecule has 1 heterocycles. The number of pyridine rings is 1. The Morgan fingerprint density at radius 2 is 2.00 bits per heavy atom. The zero-order valence-electron chi connectivity index (χ0n) is 8.37. The molecule has 0 spiro atoms. The maximum absolute atomic E-state index is 13.2. The highest BCUT2D eigenvalue weighted by Crippen LogP contribution is 2.21. The molecule has 3 heteroatoms. The van der Waals surface area contributed by atoms with E-state index in [9.17, 15) is 4.39 Å². The van der Waals surface area contributed by atoms with E-state index in [0.717, 1.165) is 11.1 Å². The van der Waals surface area contributed by atoms with E-state index in [1.165, 1.54) is 12.1 Å². The van der Waals surface area contributed by atoms with Crippen molar-refractivity contribution in [3.05, 3.63) is 47.9 Å². The summed E-state index contributed by atoms with van der Waals surface area (Å²) in [4.78, 5) is 4.15. The number of hydrogen-bond acceptors (Lipinski definition) is 2. The second-order valence-corrected chi connectivity index (χ2v) is 3.49. The van der Waals surface area contributed by atoms with Crippen molar-refractivity contribution in [2.24, 2.45) is 0 Å². The molecule has 0 aliphatic rings. The van der Waals surface area contributed by atoms with E-state index in [0.29, 0.717) is 11.4 Å². The van der Waals surface area contributed by atoms with Crippen LogP contribution in [-0.2, 0) is 0 Å². The molecule has 0 unspecified atom stereocenters. The van der Waals surface area contributed by atoms with Gasteiger partial charge in [0, 0.05) is 17.4 Å². The standard InChI is InChI=1S/C12H11FN2/c1-8-4-9(6-10(13)5-8)12-7-11(14)2-3-15-12/h2-7H,1H3,(H2,14,15). The number of aromatic nitrogens is 1. The summed E-state index contributed by atoms with van der Waals surface area (Å²) in [7, 11) is 0. The molecule has 0 fully saturated rings. The van der Waals surface area contributed by atoms with Crippen molar-refractivity contribution in [2.45, 2.75) is 6.92 Å². The van der Waals surface area contributed by atoms with Gasteiger partial charge >= 0.3 is 0 Å². The Hall–Kier alpha value is -1.90. The van der Waals surface area contributed by atoms with Gasteiger partial charge in [-0.3, -0.25) is 4.98 Å². The van der Waals surface area contributed by atoms with E-state index in [4.69, 9.17) is 5.73 Å². The number of nitrogens with two attached hydrogens (primary N) is 1. The molecule has 0 bridgehead atoms. The minimum Gasteiger partial charge on any atom is -0.399 e. The summed E-state index contributed by atoms with van der Waals surface area (Å²) < 4.78 is 13.2. The van der Waals surface area contributed by atoms with Crippen molar-refractivity contribution in [1.82, 2.24) is 4.98 Å². The third-order valence-electron chi connectivity index (χ3n) is 2.12. The van der Waals surface area contributed by atoms with Crippen LogP contribution >= 0.6 is 0 Å².